The predicted molar refractivity (Wildman–Crippen MR) is 51.6 cm³/mol. The predicted octanol–water partition coefficient (Wildman–Crippen LogP) is 2.86. The topological polar surface area (TPSA) is 26.0 Å². The summed E-state index contributed by atoms with van der Waals surface area (Å²) in [4.78, 5) is 0. The van der Waals surface area contributed by atoms with Crippen LogP contribution in [0.3, 0.4) is 0 Å². The van der Waals surface area contributed by atoms with Crippen molar-refractivity contribution in [2.24, 2.45) is 5.73 Å². The smallest absolute Gasteiger partial charge is 0.00772 e. The summed E-state index contributed by atoms with van der Waals surface area (Å²) in [5, 5.41) is 0. The monoisotopic (exact) mass is 155 g/mol. The molecule has 1 heteroatoms. The third-order valence-electron chi connectivity index (χ3n) is 1.90. The first kappa shape index (κ1) is 10.7. The minimum absolute atomic E-state index is 0.836. The summed E-state index contributed by atoms with van der Waals surface area (Å²) < 4.78 is 0. The summed E-state index contributed by atoms with van der Waals surface area (Å²) in [6.45, 7) is 5.26. The van der Waals surface area contributed by atoms with Crippen LogP contribution in [0.2, 0.25) is 0 Å². The lowest BCUT2D eigenvalue weighted by Gasteiger charge is -2.02. The highest BCUT2D eigenvalue weighted by Crippen LogP contribution is 2.11. The maximum absolute atomic E-state index is 5.41. The van der Waals surface area contributed by atoms with Gasteiger partial charge in [0, 0.05) is 0 Å². The van der Waals surface area contributed by atoms with Crippen molar-refractivity contribution in [2.75, 3.05) is 6.54 Å². The molecular weight excluding hydrogens is 134 g/mol. The van der Waals surface area contributed by atoms with Crippen molar-refractivity contribution in [3.8, 4) is 0 Å². The van der Waals surface area contributed by atoms with E-state index in [2.05, 4.69) is 19.9 Å². The van der Waals surface area contributed by atoms with Gasteiger partial charge in [0.25, 0.3) is 0 Å². The number of rotatable bonds is 6. The summed E-state index contributed by atoms with van der Waals surface area (Å²) in [5.41, 5.74) is 7.01. The molecule has 0 aliphatic rings. The van der Waals surface area contributed by atoms with Crippen molar-refractivity contribution in [3.63, 3.8) is 0 Å². The van der Waals surface area contributed by atoms with Crippen LogP contribution in [0.4, 0.5) is 0 Å². The molecule has 0 fully saturated rings. The van der Waals surface area contributed by atoms with Crippen LogP contribution in [0, 0.1) is 0 Å². The Balaban J connectivity index is 3.44. The summed E-state index contributed by atoms with van der Waals surface area (Å²) >= 11 is 0. The fraction of sp³-hybridized carbons (Fsp3) is 0.800. The summed E-state index contributed by atoms with van der Waals surface area (Å²) in [6, 6.07) is 0. The molecule has 0 radical (unpaired) electrons. The number of unbranched alkanes of at least 4 members (excludes halogenated alkanes) is 1. The standard InChI is InChI=1S/C10H21N/c1-3-7-10(4-2)8-5-6-9-11/h7H,3-6,8-9,11H2,1-2H3/b10-7-. The Hall–Kier alpha value is -0.300. The molecule has 0 aromatic carbocycles. The molecule has 0 saturated heterocycles. The van der Waals surface area contributed by atoms with Gasteiger partial charge in [0.05, 0.1) is 0 Å². The lowest BCUT2D eigenvalue weighted by atomic mass is 10.1. The van der Waals surface area contributed by atoms with Gasteiger partial charge in [0.1, 0.15) is 0 Å². The molecule has 0 aromatic heterocycles. The van der Waals surface area contributed by atoms with E-state index >= 15 is 0 Å². The number of hydrogen-bond acceptors (Lipinski definition) is 1. The van der Waals surface area contributed by atoms with E-state index in [1.807, 2.05) is 0 Å². The molecule has 0 aliphatic heterocycles. The van der Waals surface area contributed by atoms with Crippen LogP contribution in [0.25, 0.3) is 0 Å². The molecule has 0 atom stereocenters. The van der Waals surface area contributed by atoms with Crippen LogP contribution >= 0.6 is 0 Å². The molecule has 2 N–H and O–H groups in total. The lowest BCUT2D eigenvalue weighted by Crippen LogP contribution is -1.98. The van der Waals surface area contributed by atoms with Crippen molar-refractivity contribution in [2.45, 2.75) is 46.0 Å². The summed E-state index contributed by atoms with van der Waals surface area (Å²) in [7, 11) is 0. The molecule has 0 unspecified atom stereocenters. The molecule has 0 heterocycles. The maximum Gasteiger partial charge on any atom is -0.00772 e. The van der Waals surface area contributed by atoms with Crippen LogP contribution in [-0.4, -0.2) is 6.54 Å². The Labute approximate surface area is 70.7 Å². The van der Waals surface area contributed by atoms with E-state index in [0.717, 1.165) is 6.54 Å². The van der Waals surface area contributed by atoms with Crippen LogP contribution in [0.1, 0.15) is 46.0 Å². The molecule has 0 amide bonds. The quantitative estimate of drug-likeness (QED) is 0.463. The molecule has 0 rings (SSSR count). The number of hydrogen-bond donors (Lipinski definition) is 1. The van der Waals surface area contributed by atoms with Gasteiger partial charge < -0.3 is 5.73 Å². The van der Waals surface area contributed by atoms with Gasteiger partial charge >= 0.3 is 0 Å². The second-order valence-electron chi connectivity index (χ2n) is 2.87. The van der Waals surface area contributed by atoms with Gasteiger partial charge in [-0.2, -0.15) is 0 Å². The van der Waals surface area contributed by atoms with Crippen molar-refractivity contribution < 1.29 is 0 Å². The third-order valence-corrected chi connectivity index (χ3v) is 1.90. The molecule has 0 aliphatic carbocycles. The van der Waals surface area contributed by atoms with E-state index in [-0.39, 0.29) is 0 Å². The van der Waals surface area contributed by atoms with E-state index in [4.69, 9.17) is 5.73 Å². The Morgan fingerprint density at radius 1 is 1.27 bits per heavy atom. The second-order valence-corrected chi connectivity index (χ2v) is 2.87. The SMILES string of the molecule is CC/C=C(/CC)CCCCN. The molecule has 0 aromatic rings. The summed E-state index contributed by atoms with van der Waals surface area (Å²) in [6.07, 6.45) is 8.40. The molecular formula is C10H21N. The molecule has 66 valence electrons. The zero-order valence-corrected chi connectivity index (χ0v) is 7.90. The Kier molecular flexibility index (Phi) is 7.59. The first-order valence-corrected chi connectivity index (χ1v) is 4.73. The average Bonchev–Trinajstić information content (AvgIpc) is 2.03. The van der Waals surface area contributed by atoms with Crippen LogP contribution in [0.15, 0.2) is 11.6 Å². The molecule has 1 nitrogen and oxygen atoms in total. The van der Waals surface area contributed by atoms with E-state index in [0.29, 0.717) is 0 Å². The Morgan fingerprint density at radius 2 is 2.00 bits per heavy atom. The molecule has 11 heavy (non-hydrogen) atoms. The third kappa shape index (κ3) is 6.11. The minimum Gasteiger partial charge on any atom is -0.330 e. The van der Waals surface area contributed by atoms with Gasteiger partial charge in [-0.15, -0.1) is 0 Å². The van der Waals surface area contributed by atoms with Crippen LogP contribution < -0.4 is 5.73 Å². The maximum atomic E-state index is 5.41. The normalized spacial score (nSPS) is 12.1. The van der Waals surface area contributed by atoms with E-state index in [1.54, 1.807) is 5.57 Å². The summed E-state index contributed by atoms with van der Waals surface area (Å²) in [5.74, 6) is 0. The lowest BCUT2D eigenvalue weighted by molar-refractivity contribution is 0.723. The van der Waals surface area contributed by atoms with E-state index < -0.39 is 0 Å². The van der Waals surface area contributed by atoms with E-state index in [1.165, 1.54) is 32.1 Å². The number of allylic oxidation sites excluding steroid dienone is 2. The Bertz CT molecular complexity index is 105. The van der Waals surface area contributed by atoms with Crippen molar-refractivity contribution in [3.05, 3.63) is 11.6 Å². The van der Waals surface area contributed by atoms with Crippen molar-refractivity contribution >= 4 is 0 Å². The Morgan fingerprint density at radius 3 is 2.45 bits per heavy atom. The van der Waals surface area contributed by atoms with Crippen molar-refractivity contribution in [1.29, 1.82) is 0 Å². The highest BCUT2D eigenvalue weighted by Gasteiger charge is 1.92. The first-order valence-electron chi connectivity index (χ1n) is 4.73. The molecule has 0 bridgehead atoms. The van der Waals surface area contributed by atoms with Crippen molar-refractivity contribution in [1.82, 2.24) is 0 Å². The van der Waals surface area contributed by atoms with Gasteiger partial charge in [0.15, 0.2) is 0 Å². The van der Waals surface area contributed by atoms with Gasteiger partial charge in [-0.25, -0.2) is 0 Å². The zero-order valence-electron chi connectivity index (χ0n) is 7.90. The zero-order chi connectivity index (χ0) is 8.53. The second kappa shape index (κ2) is 7.80. The average molecular weight is 155 g/mol. The fourth-order valence-electron chi connectivity index (χ4n) is 1.21. The van der Waals surface area contributed by atoms with E-state index in [9.17, 15) is 0 Å². The van der Waals surface area contributed by atoms with Crippen LogP contribution in [-0.2, 0) is 0 Å². The van der Waals surface area contributed by atoms with Gasteiger partial charge in [-0.3, -0.25) is 0 Å². The van der Waals surface area contributed by atoms with Gasteiger partial charge in [-0.1, -0.05) is 25.5 Å². The molecule has 0 spiro atoms. The largest absolute Gasteiger partial charge is 0.330 e. The first-order chi connectivity index (χ1) is 5.35. The van der Waals surface area contributed by atoms with Crippen LogP contribution in [0.5, 0.6) is 0 Å². The highest BCUT2D eigenvalue weighted by atomic mass is 14.5. The van der Waals surface area contributed by atoms with Gasteiger partial charge in [-0.05, 0) is 38.6 Å². The van der Waals surface area contributed by atoms with Gasteiger partial charge in [0.2, 0.25) is 0 Å². The molecule has 0 saturated carbocycles. The highest BCUT2D eigenvalue weighted by molar-refractivity contribution is 5.00. The number of nitrogens with two attached hydrogens (primary N) is 1. The minimum atomic E-state index is 0.836. The fourth-order valence-corrected chi connectivity index (χ4v) is 1.21.